The van der Waals surface area contributed by atoms with Gasteiger partial charge in [-0.1, -0.05) is 12.1 Å². The lowest BCUT2D eigenvalue weighted by atomic mass is 9.91. The summed E-state index contributed by atoms with van der Waals surface area (Å²) in [7, 11) is 3.23. The number of hydrogen-bond donors (Lipinski definition) is 1. The van der Waals surface area contributed by atoms with E-state index in [1.165, 1.54) is 18.7 Å². The summed E-state index contributed by atoms with van der Waals surface area (Å²) in [5.74, 6) is 0.643. The summed E-state index contributed by atoms with van der Waals surface area (Å²) >= 11 is 0. The van der Waals surface area contributed by atoms with Gasteiger partial charge in [0.2, 0.25) is 5.88 Å². The number of rotatable bonds is 11. The van der Waals surface area contributed by atoms with Crippen molar-refractivity contribution >= 4 is 11.8 Å². The third kappa shape index (κ3) is 6.33. The zero-order valence-corrected chi connectivity index (χ0v) is 21.1. The number of nitrogens with zero attached hydrogens (tertiary/aromatic N) is 3. The van der Waals surface area contributed by atoms with E-state index < -0.39 is 5.82 Å². The van der Waals surface area contributed by atoms with Crippen molar-refractivity contribution in [3.8, 4) is 11.6 Å². The van der Waals surface area contributed by atoms with Crippen LogP contribution >= 0.6 is 0 Å². The van der Waals surface area contributed by atoms with E-state index in [0.717, 1.165) is 36.6 Å². The largest absolute Gasteiger partial charge is 0.494 e. The number of carbonyl (C=O) groups excluding carboxylic acids is 1. The van der Waals surface area contributed by atoms with Crippen LogP contribution in [0.15, 0.2) is 36.4 Å². The number of benzene rings is 1. The molecule has 0 bridgehead atoms. The molecule has 0 amide bonds. The van der Waals surface area contributed by atoms with Crippen LogP contribution in [0.2, 0.25) is 0 Å². The van der Waals surface area contributed by atoms with Gasteiger partial charge in [-0.05, 0) is 55.5 Å². The van der Waals surface area contributed by atoms with Crippen molar-refractivity contribution in [2.24, 2.45) is 7.05 Å². The summed E-state index contributed by atoms with van der Waals surface area (Å²) in [5.41, 5.74) is 3.66. The van der Waals surface area contributed by atoms with Crippen molar-refractivity contribution in [3.05, 3.63) is 64.7 Å². The number of halogens is 1. The van der Waals surface area contributed by atoms with Crippen LogP contribution in [0.1, 0.15) is 48.2 Å². The van der Waals surface area contributed by atoms with Crippen molar-refractivity contribution in [3.63, 3.8) is 0 Å². The van der Waals surface area contributed by atoms with E-state index in [9.17, 15) is 9.18 Å². The molecule has 0 saturated carbocycles. The summed E-state index contributed by atoms with van der Waals surface area (Å²) in [6.45, 7) is 3.47. The van der Waals surface area contributed by atoms with E-state index in [0.29, 0.717) is 37.5 Å². The number of anilines is 1. The smallest absolute Gasteiger partial charge is 0.306 e. The molecular weight excluding hydrogens is 463 g/mol. The SMILES string of the molecule is CCOC(=O)C[C@H](Cc1cc(OCCc2ccc3c(n2)NCCC3)n(C)n1)c1ccc(OC)c(F)c1. The monoisotopic (exact) mass is 496 g/mol. The number of pyridine rings is 1. The van der Waals surface area contributed by atoms with Crippen molar-refractivity contribution in [1.29, 1.82) is 0 Å². The lowest BCUT2D eigenvalue weighted by Gasteiger charge is -2.17. The van der Waals surface area contributed by atoms with Crippen molar-refractivity contribution in [2.75, 3.05) is 32.2 Å². The van der Waals surface area contributed by atoms with Gasteiger partial charge in [0.25, 0.3) is 0 Å². The fourth-order valence-electron chi connectivity index (χ4n) is 4.43. The van der Waals surface area contributed by atoms with E-state index in [-0.39, 0.29) is 24.1 Å². The van der Waals surface area contributed by atoms with Gasteiger partial charge in [0.1, 0.15) is 5.82 Å². The minimum Gasteiger partial charge on any atom is -0.494 e. The number of ether oxygens (including phenoxy) is 3. The fourth-order valence-corrected chi connectivity index (χ4v) is 4.43. The van der Waals surface area contributed by atoms with Crippen LogP contribution in [0.25, 0.3) is 0 Å². The Bertz CT molecular complexity index is 1200. The van der Waals surface area contributed by atoms with E-state index in [1.54, 1.807) is 23.7 Å². The molecule has 4 rings (SSSR count). The van der Waals surface area contributed by atoms with Crippen molar-refractivity contribution < 1.29 is 23.4 Å². The Kier molecular flexibility index (Phi) is 8.40. The average molecular weight is 497 g/mol. The first-order valence-electron chi connectivity index (χ1n) is 12.3. The first-order valence-corrected chi connectivity index (χ1v) is 12.3. The maximum absolute atomic E-state index is 14.4. The number of hydrogen-bond acceptors (Lipinski definition) is 7. The molecule has 2 aromatic heterocycles. The van der Waals surface area contributed by atoms with Crippen LogP contribution < -0.4 is 14.8 Å². The van der Waals surface area contributed by atoms with Gasteiger partial charge in [-0.15, -0.1) is 0 Å². The summed E-state index contributed by atoms with van der Waals surface area (Å²) in [5, 5.41) is 7.92. The topological polar surface area (TPSA) is 87.5 Å². The molecule has 0 radical (unpaired) electrons. The highest BCUT2D eigenvalue weighted by Gasteiger charge is 2.21. The highest BCUT2D eigenvalue weighted by atomic mass is 19.1. The second-order valence-corrected chi connectivity index (χ2v) is 8.84. The lowest BCUT2D eigenvalue weighted by Crippen LogP contribution is -2.14. The normalized spacial score (nSPS) is 13.4. The van der Waals surface area contributed by atoms with Crippen LogP contribution in [0.3, 0.4) is 0 Å². The second kappa shape index (κ2) is 11.9. The maximum Gasteiger partial charge on any atom is 0.306 e. The van der Waals surface area contributed by atoms with Gasteiger partial charge in [-0.2, -0.15) is 5.10 Å². The number of fused-ring (bicyclic) bond motifs is 1. The number of methoxy groups -OCH3 is 1. The molecule has 1 aromatic carbocycles. The number of carbonyl (C=O) groups is 1. The molecule has 8 nitrogen and oxygen atoms in total. The Labute approximate surface area is 210 Å². The molecule has 1 aliphatic rings. The summed E-state index contributed by atoms with van der Waals surface area (Å²) in [4.78, 5) is 17.0. The van der Waals surface area contributed by atoms with E-state index >= 15 is 0 Å². The van der Waals surface area contributed by atoms with Crippen LogP contribution in [-0.4, -0.2) is 47.6 Å². The molecule has 0 fully saturated rings. The highest BCUT2D eigenvalue weighted by molar-refractivity contribution is 5.70. The van der Waals surface area contributed by atoms with E-state index in [2.05, 4.69) is 22.5 Å². The van der Waals surface area contributed by atoms with E-state index in [4.69, 9.17) is 19.2 Å². The summed E-state index contributed by atoms with van der Waals surface area (Å²) < 4.78 is 32.2. The second-order valence-electron chi connectivity index (χ2n) is 8.84. The predicted molar refractivity (Wildman–Crippen MR) is 134 cm³/mol. The Morgan fingerprint density at radius 2 is 2.08 bits per heavy atom. The predicted octanol–water partition coefficient (Wildman–Crippen LogP) is 4.22. The molecule has 0 unspecified atom stereocenters. The van der Waals surface area contributed by atoms with Crippen LogP contribution in [-0.2, 0) is 35.8 Å². The van der Waals surface area contributed by atoms with Gasteiger partial charge in [-0.25, -0.2) is 14.1 Å². The molecule has 0 aliphatic carbocycles. The molecule has 192 valence electrons. The lowest BCUT2D eigenvalue weighted by molar-refractivity contribution is -0.143. The Morgan fingerprint density at radius 1 is 1.22 bits per heavy atom. The van der Waals surface area contributed by atoms with Crippen molar-refractivity contribution in [1.82, 2.24) is 14.8 Å². The zero-order chi connectivity index (χ0) is 25.5. The third-order valence-electron chi connectivity index (χ3n) is 6.27. The molecule has 9 heteroatoms. The molecule has 0 saturated heterocycles. The average Bonchev–Trinajstić information content (AvgIpc) is 3.22. The molecule has 3 aromatic rings. The number of aromatic nitrogens is 3. The molecule has 1 N–H and O–H groups in total. The standard InChI is InChI=1S/C27H33FN4O4/c1-4-35-26(33)16-20(19-8-10-24(34-3)23(28)15-19)14-22-17-25(32(2)31-22)36-13-11-21-9-7-18-6-5-12-29-27(18)30-21/h7-10,15,17,20H,4-6,11-14,16H2,1-3H3,(H,29,30)/t20-/m0/s1. The van der Waals surface area contributed by atoms with Crippen LogP contribution in [0.4, 0.5) is 10.2 Å². The molecule has 1 aliphatic heterocycles. The summed E-state index contributed by atoms with van der Waals surface area (Å²) in [6, 6.07) is 10.8. The molecule has 36 heavy (non-hydrogen) atoms. The van der Waals surface area contributed by atoms with Crippen LogP contribution in [0, 0.1) is 5.82 Å². The van der Waals surface area contributed by atoms with Gasteiger partial charge < -0.3 is 19.5 Å². The highest BCUT2D eigenvalue weighted by Crippen LogP contribution is 2.29. The van der Waals surface area contributed by atoms with Gasteiger partial charge in [0.05, 0.1) is 32.4 Å². The number of nitrogens with one attached hydrogen (secondary N) is 1. The molecule has 1 atom stereocenters. The minimum absolute atomic E-state index is 0.115. The molecule has 0 spiro atoms. The molecule has 3 heterocycles. The minimum atomic E-state index is -0.472. The Morgan fingerprint density at radius 3 is 2.86 bits per heavy atom. The third-order valence-corrected chi connectivity index (χ3v) is 6.27. The fraction of sp³-hybridized carbons (Fsp3) is 0.444. The van der Waals surface area contributed by atoms with Gasteiger partial charge in [0, 0.05) is 37.7 Å². The Balaban J connectivity index is 1.42. The maximum atomic E-state index is 14.4. The van der Waals surface area contributed by atoms with Crippen LogP contribution in [0.5, 0.6) is 11.6 Å². The quantitative estimate of drug-likeness (QED) is 0.398. The molecular formula is C27H33FN4O4. The first-order chi connectivity index (χ1) is 17.5. The van der Waals surface area contributed by atoms with Crippen molar-refractivity contribution in [2.45, 2.75) is 44.9 Å². The first kappa shape index (κ1) is 25.5. The summed E-state index contributed by atoms with van der Waals surface area (Å²) in [6.07, 6.45) is 3.41. The Hall–Kier alpha value is -3.62. The van der Waals surface area contributed by atoms with Gasteiger partial charge in [-0.3, -0.25) is 4.79 Å². The number of aryl methyl sites for hydroxylation is 2. The van der Waals surface area contributed by atoms with E-state index in [1.807, 2.05) is 13.1 Å². The van der Waals surface area contributed by atoms with Gasteiger partial charge >= 0.3 is 5.97 Å². The number of esters is 1. The van der Waals surface area contributed by atoms with Gasteiger partial charge in [0.15, 0.2) is 11.6 Å². The zero-order valence-electron chi connectivity index (χ0n) is 21.1.